The molecule has 0 saturated heterocycles. The van der Waals surface area contributed by atoms with E-state index in [2.05, 4.69) is 9.97 Å². The molecular weight excluding hydrogens is 244 g/mol. The third kappa shape index (κ3) is 2.30. The van der Waals surface area contributed by atoms with Crippen molar-refractivity contribution >= 4 is 17.1 Å². The second-order valence-electron chi connectivity index (χ2n) is 4.11. The third-order valence-corrected chi connectivity index (χ3v) is 2.75. The topological polar surface area (TPSA) is 76.2 Å². The van der Waals surface area contributed by atoms with E-state index in [-0.39, 0.29) is 6.42 Å². The third-order valence-electron chi connectivity index (χ3n) is 2.75. The van der Waals surface area contributed by atoms with E-state index in [0.29, 0.717) is 5.69 Å². The molecule has 0 saturated carbocycles. The molecule has 94 valence electrons. The smallest absolute Gasteiger partial charge is 0.309 e. The molecule has 0 unspecified atom stereocenters. The van der Waals surface area contributed by atoms with Crippen molar-refractivity contribution < 1.29 is 14.3 Å². The van der Waals surface area contributed by atoms with Crippen LogP contribution < -0.4 is 0 Å². The summed E-state index contributed by atoms with van der Waals surface area (Å²) in [4.78, 5) is 19.2. The van der Waals surface area contributed by atoms with Crippen molar-refractivity contribution in [3.05, 3.63) is 48.5 Å². The van der Waals surface area contributed by atoms with Gasteiger partial charge in [0, 0.05) is 17.8 Å². The number of hydrogen-bond acceptors (Lipinski definition) is 4. The fraction of sp³-hybridized carbons (Fsp3) is 0.0714. The van der Waals surface area contributed by atoms with Gasteiger partial charge in [-0.25, -0.2) is 4.98 Å². The molecule has 3 aromatic heterocycles. The van der Waals surface area contributed by atoms with Crippen LogP contribution in [-0.2, 0) is 11.2 Å². The number of aliphatic carboxylic acids is 1. The summed E-state index contributed by atoms with van der Waals surface area (Å²) in [6.45, 7) is 0. The van der Waals surface area contributed by atoms with Gasteiger partial charge in [-0.3, -0.25) is 9.78 Å². The summed E-state index contributed by atoms with van der Waals surface area (Å²) < 4.78 is 5.23. The normalized spacial score (nSPS) is 10.7. The largest absolute Gasteiger partial charge is 0.481 e. The van der Waals surface area contributed by atoms with Crippen LogP contribution in [0.1, 0.15) is 5.69 Å². The van der Waals surface area contributed by atoms with E-state index < -0.39 is 5.97 Å². The molecule has 3 rings (SSSR count). The minimum atomic E-state index is -0.900. The van der Waals surface area contributed by atoms with Crippen molar-refractivity contribution in [1.82, 2.24) is 9.97 Å². The van der Waals surface area contributed by atoms with Crippen molar-refractivity contribution in [1.29, 1.82) is 0 Å². The Morgan fingerprint density at radius 2 is 2.16 bits per heavy atom. The van der Waals surface area contributed by atoms with Gasteiger partial charge in [-0.1, -0.05) is 0 Å². The maximum atomic E-state index is 10.7. The lowest BCUT2D eigenvalue weighted by Gasteiger charge is -2.02. The van der Waals surface area contributed by atoms with Crippen LogP contribution in [0, 0.1) is 0 Å². The highest BCUT2D eigenvalue weighted by Crippen LogP contribution is 2.21. The number of hydrogen-bond donors (Lipinski definition) is 1. The zero-order valence-corrected chi connectivity index (χ0v) is 9.91. The van der Waals surface area contributed by atoms with Gasteiger partial charge in [0.15, 0.2) is 5.58 Å². The number of furan rings is 1. The highest BCUT2D eigenvalue weighted by molar-refractivity contribution is 5.77. The first-order valence-electron chi connectivity index (χ1n) is 5.74. The van der Waals surface area contributed by atoms with Crippen LogP contribution in [0.15, 0.2) is 47.2 Å². The highest BCUT2D eigenvalue weighted by atomic mass is 16.4. The number of fused-ring (bicyclic) bond motifs is 1. The molecule has 0 aliphatic rings. The average Bonchev–Trinajstić information content (AvgIpc) is 2.85. The summed E-state index contributed by atoms with van der Waals surface area (Å²) in [6, 6.07) is 9.01. The molecule has 0 bridgehead atoms. The molecule has 0 radical (unpaired) electrons. The Bertz CT molecular complexity index is 749. The molecule has 3 heterocycles. The number of pyridine rings is 2. The van der Waals surface area contributed by atoms with Gasteiger partial charge in [0.2, 0.25) is 0 Å². The summed E-state index contributed by atoms with van der Waals surface area (Å²) in [5.41, 5.74) is 3.62. The van der Waals surface area contributed by atoms with Gasteiger partial charge < -0.3 is 9.52 Å². The second-order valence-corrected chi connectivity index (χ2v) is 4.11. The molecule has 19 heavy (non-hydrogen) atoms. The Morgan fingerprint density at radius 3 is 3.00 bits per heavy atom. The summed E-state index contributed by atoms with van der Waals surface area (Å²) in [7, 11) is 0. The summed E-state index contributed by atoms with van der Waals surface area (Å²) >= 11 is 0. The first-order chi connectivity index (χ1) is 9.22. The zero-order valence-electron chi connectivity index (χ0n) is 9.91. The van der Waals surface area contributed by atoms with E-state index in [0.717, 1.165) is 22.4 Å². The van der Waals surface area contributed by atoms with Crippen LogP contribution in [-0.4, -0.2) is 21.0 Å². The molecule has 0 aliphatic carbocycles. The van der Waals surface area contributed by atoms with E-state index >= 15 is 0 Å². The molecule has 5 nitrogen and oxygen atoms in total. The van der Waals surface area contributed by atoms with E-state index in [1.54, 1.807) is 30.7 Å². The molecule has 3 aromatic rings. The van der Waals surface area contributed by atoms with Gasteiger partial charge in [0.1, 0.15) is 5.52 Å². The van der Waals surface area contributed by atoms with Crippen LogP contribution in [0.2, 0.25) is 0 Å². The number of aromatic nitrogens is 2. The quantitative estimate of drug-likeness (QED) is 0.777. The average molecular weight is 254 g/mol. The molecule has 0 spiro atoms. The molecule has 0 aliphatic heterocycles. The van der Waals surface area contributed by atoms with Crippen molar-refractivity contribution in [2.24, 2.45) is 0 Å². The van der Waals surface area contributed by atoms with E-state index in [4.69, 9.17) is 9.52 Å². The minimum absolute atomic E-state index is 0.0954. The minimum Gasteiger partial charge on any atom is -0.481 e. The molecule has 1 N–H and O–H groups in total. The fourth-order valence-corrected chi connectivity index (χ4v) is 1.90. The van der Waals surface area contributed by atoms with Crippen LogP contribution >= 0.6 is 0 Å². The first-order valence-corrected chi connectivity index (χ1v) is 5.74. The van der Waals surface area contributed by atoms with E-state index in [1.807, 2.05) is 12.1 Å². The summed E-state index contributed by atoms with van der Waals surface area (Å²) in [6.07, 6.45) is 3.08. The SMILES string of the molecule is O=C(O)Cc1cc(-c2ccc3occc3n2)ccn1. The molecule has 0 atom stereocenters. The zero-order chi connectivity index (χ0) is 13.2. The van der Waals surface area contributed by atoms with Crippen molar-refractivity contribution in [2.75, 3.05) is 0 Å². The van der Waals surface area contributed by atoms with Gasteiger partial charge in [-0.05, 0) is 24.3 Å². The Hall–Kier alpha value is -2.69. The predicted molar refractivity (Wildman–Crippen MR) is 68.6 cm³/mol. The Morgan fingerprint density at radius 1 is 1.26 bits per heavy atom. The Kier molecular flexibility index (Phi) is 2.72. The number of nitrogens with zero attached hydrogens (tertiary/aromatic N) is 2. The van der Waals surface area contributed by atoms with Crippen LogP contribution in [0.3, 0.4) is 0 Å². The predicted octanol–water partition coefficient (Wildman–Crippen LogP) is 2.52. The lowest BCUT2D eigenvalue weighted by molar-refractivity contribution is -0.136. The van der Waals surface area contributed by atoms with Gasteiger partial charge in [-0.15, -0.1) is 0 Å². The summed E-state index contributed by atoms with van der Waals surface area (Å²) in [5.74, 6) is -0.900. The molecule has 0 aromatic carbocycles. The van der Waals surface area contributed by atoms with E-state index in [9.17, 15) is 4.79 Å². The van der Waals surface area contributed by atoms with Crippen molar-refractivity contribution in [3.8, 4) is 11.3 Å². The molecular formula is C14H10N2O3. The van der Waals surface area contributed by atoms with Gasteiger partial charge in [0.25, 0.3) is 0 Å². The molecule has 5 heteroatoms. The maximum Gasteiger partial charge on any atom is 0.309 e. The highest BCUT2D eigenvalue weighted by Gasteiger charge is 2.06. The second kappa shape index (κ2) is 4.53. The van der Waals surface area contributed by atoms with Crippen LogP contribution in [0.25, 0.3) is 22.4 Å². The number of carbonyl (C=O) groups is 1. The summed E-state index contributed by atoms with van der Waals surface area (Å²) in [5, 5.41) is 8.77. The van der Waals surface area contributed by atoms with Gasteiger partial charge in [0.05, 0.1) is 24.1 Å². The van der Waals surface area contributed by atoms with Crippen molar-refractivity contribution in [2.45, 2.75) is 6.42 Å². The lowest BCUT2D eigenvalue weighted by Crippen LogP contribution is -2.02. The molecule has 0 fully saturated rings. The van der Waals surface area contributed by atoms with E-state index in [1.165, 1.54) is 0 Å². The first kappa shape index (κ1) is 11.4. The Labute approximate surface area is 108 Å². The van der Waals surface area contributed by atoms with Gasteiger partial charge in [-0.2, -0.15) is 0 Å². The Balaban J connectivity index is 2.02. The standard InChI is InChI=1S/C14H10N2O3/c17-14(18)8-10-7-9(3-5-15-10)11-1-2-13-12(16-11)4-6-19-13/h1-7H,8H2,(H,17,18). The van der Waals surface area contributed by atoms with Crippen LogP contribution in [0.4, 0.5) is 0 Å². The number of carboxylic acid groups (broad SMARTS) is 1. The lowest BCUT2D eigenvalue weighted by atomic mass is 10.1. The monoisotopic (exact) mass is 254 g/mol. The maximum absolute atomic E-state index is 10.7. The van der Waals surface area contributed by atoms with Crippen molar-refractivity contribution in [3.63, 3.8) is 0 Å². The fourth-order valence-electron chi connectivity index (χ4n) is 1.90. The number of carboxylic acids is 1. The van der Waals surface area contributed by atoms with Crippen LogP contribution in [0.5, 0.6) is 0 Å². The van der Waals surface area contributed by atoms with Gasteiger partial charge >= 0.3 is 5.97 Å². The number of rotatable bonds is 3. The molecule has 0 amide bonds.